The lowest BCUT2D eigenvalue weighted by Crippen LogP contribution is -2.41. The van der Waals surface area contributed by atoms with Gasteiger partial charge in [-0.3, -0.25) is 4.79 Å². The lowest BCUT2D eigenvalue weighted by Gasteiger charge is -2.28. The van der Waals surface area contributed by atoms with Crippen LogP contribution in [-0.2, 0) is 27.6 Å². The second-order valence-corrected chi connectivity index (χ2v) is 10.0. The van der Waals surface area contributed by atoms with Gasteiger partial charge in [0.1, 0.15) is 0 Å². The van der Waals surface area contributed by atoms with Gasteiger partial charge in [-0.15, -0.1) is 11.3 Å². The first-order valence-electron chi connectivity index (χ1n) is 8.42. The van der Waals surface area contributed by atoms with Gasteiger partial charge in [-0.05, 0) is 48.4 Å². The molecule has 0 bridgehead atoms. The Morgan fingerprint density at radius 1 is 1.24 bits per heavy atom. The maximum absolute atomic E-state index is 13.0. The van der Waals surface area contributed by atoms with Gasteiger partial charge in [0, 0.05) is 10.9 Å². The van der Waals surface area contributed by atoms with E-state index in [9.17, 15) is 13.2 Å². The molecular formula is C19H23NO3S2. The molecule has 3 rings (SSSR count). The molecule has 1 amide bonds. The van der Waals surface area contributed by atoms with E-state index in [1.165, 1.54) is 11.1 Å². The number of thiophene rings is 1. The van der Waals surface area contributed by atoms with Gasteiger partial charge >= 0.3 is 0 Å². The molecule has 0 saturated carbocycles. The number of hydrogen-bond donors (Lipinski definition) is 0. The monoisotopic (exact) mass is 377 g/mol. The number of nitrogens with zero attached hydrogens (tertiary/aromatic N) is 1. The molecule has 1 saturated heterocycles. The van der Waals surface area contributed by atoms with E-state index >= 15 is 0 Å². The normalized spacial score (nSPS) is 19.0. The van der Waals surface area contributed by atoms with Gasteiger partial charge in [0.2, 0.25) is 5.91 Å². The van der Waals surface area contributed by atoms with Crippen LogP contribution in [0.25, 0.3) is 0 Å². The van der Waals surface area contributed by atoms with Crippen LogP contribution in [0.2, 0.25) is 0 Å². The van der Waals surface area contributed by atoms with Gasteiger partial charge in [-0.1, -0.05) is 24.3 Å². The molecule has 0 spiro atoms. The molecule has 134 valence electrons. The first kappa shape index (κ1) is 18.1. The summed E-state index contributed by atoms with van der Waals surface area (Å²) >= 11 is 1.59. The fraction of sp³-hybridized carbons (Fsp3) is 0.421. The molecule has 1 fully saturated rings. The Morgan fingerprint density at radius 3 is 2.64 bits per heavy atom. The van der Waals surface area contributed by atoms with Crippen LogP contribution in [0.3, 0.4) is 0 Å². The van der Waals surface area contributed by atoms with Crippen molar-refractivity contribution in [2.75, 3.05) is 11.5 Å². The van der Waals surface area contributed by atoms with Crippen molar-refractivity contribution >= 4 is 27.1 Å². The molecular weight excluding hydrogens is 354 g/mol. The van der Waals surface area contributed by atoms with E-state index in [0.717, 1.165) is 10.4 Å². The average molecular weight is 378 g/mol. The Hall–Kier alpha value is -1.66. The number of benzene rings is 1. The van der Waals surface area contributed by atoms with E-state index in [2.05, 4.69) is 0 Å². The summed E-state index contributed by atoms with van der Waals surface area (Å²) in [7, 11) is -3.03. The number of carbonyl (C=O) groups excluding carboxylic acids is 1. The highest BCUT2D eigenvalue weighted by atomic mass is 32.2. The zero-order chi connectivity index (χ0) is 18.0. The molecule has 2 aromatic rings. The first-order chi connectivity index (χ1) is 11.8. The van der Waals surface area contributed by atoms with Gasteiger partial charge in [-0.25, -0.2) is 8.42 Å². The summed E-state index contributed by atoms with van der Waals surface area (Å²) < 4.78 is 23.8. The average Bonchev–Trinajstić information content (AvgIpc) is 3.17. The number of sulfone groups is 1. The van der Waals surface area contributed by atoms with Gasteiger partial charge < -0.3 is 4.90 Å². The van der Waals surface area contributed by atoms with Crippen LogP contribution in [0.5, 0.6) is 0 Å². The van der Waals surface area contributed by atoms with Crippen molar-refractivity contribution in [3.05, 3.63) is 57.3 Å². The predicted molar refractivity (Wildman–Crippen MR) is 102 cm³/mol. The van der Waals surface area contributed by atoms with Crippen LogP contribution in [0.1, 0.15) is 28.0 Å². The fourth-order valence-corrected chi connectivity index (χ4v) is 5.64. The molecule has 2 heterocycles. The maximum atomic E-state index is 13.0. The molecule has 1 aromatic heterocycles. The third-order valence-electron chi connectivity index (χ3n) is 4.80. The SMILES string of the molecule is Cc1ccc(CC(=O)N(Cc2cccs2)[C@@H]2CCS(=O)(=O)C2)cc1C. The quantitative estimate of drug-likeness (QED) is 0.804. The standard InChI is InChI=1S/C19H23NO3S2/c1-14-5-6-16(10-15(14)2)11-19(21)20(12-18-4-3-8-24-18)17-7-9-25(22,23)13-17/h3-6,8,10,17H,7,9,11-13H2,1-2H3/t17-/m1/s1. The molecule has 0 radical (unpaired) electrons. The Bertz CT molecular complexity index is 857. The summed E-state index contributed by atoms with van der Waals surface area (Å²) in [6.45, 7) is 4.57. The highest BCUT2D eigenvalue weighted by Gasteiger charge is 2.34. The topological polar surface area (TPSA) is 54.5 Å². The van der Waals surface area contributed by atoms with E-state index in [4.69, 9.17) is 0 Å². The third kappa shape index (κ3) is 4.50. The predicted octanol–water partition coefficient (Wildman–Crippen LogP) is 3.12. The van der Waals surface area contributed by atoms with E-state index < -0.39 is 9.84 Å². The molecule has 6 heteroatoms. The second-order valence-electron chi connectivity index (χ2n) is 6.75. The molecule has 1 aliphatic heterocycles. The van der Waals surface area contributed by atoms with Gasteiger partial charge in [-0.2, -0.15) is 0 Å². The van der Waals surface area contributed by atoms with E-state index in [0.29, 0.717) is 19.4 Å². The lowest BCUT2D eigenvalue weighted by atomic mass is 10.0. The number of carbonyl (C=O) groups is 1. The van der Waals surface area contributed by atoms with Crippen molar-refractivity contribution in [1.82, 2.24) is 4.90 Å². The smallest absolute Gasteiger partial charge is 0.227 e. The number of aryl methyl sites for hydroxylation is 2. The third-order valence-corrected chi connectivity index (χ3v) is 7.41. The van der Waals surface area contributed by atoms with Crippen molar-refractivity contribution in [3.63, 3.8) is 0 Å². The highest BCUT2D eigenvalue weighted by Crippen LogP contribution is 2.23. The van der Waals surface area contributed by atoms with E-state index in [1.54, 1.807) is 16.2 Å². The molecule has 1 aliphatic rings. The highest BCUT2D eigenvalue weighted by molar-refractivity contribution is 7.91. The molecule has 0 N–H and O–H groups in total. The van der Waals surface area contributed by atoms with Crippen LogP contribution in [0.4, 0.5) is 0 Å². The Kier molecular flexibility index (Phi) is 5.29. The van der Waals surface area contributed by atoms with Gasteiger partial charge in [0.05, 0.1) is 24.5 Å². The first-order valence-corrected chi connectivity index (χ1v) is 11.1. The minimum atomic E-state index is -3.03. The molecule has 0 unspecified atom stereocenters. The van der Waals surface area contributed by atoms with E-state index in [1.807, 2.05) is 49.6 Å². The summed E-state index contributed by atoms with van der Waals surface area (Å²) in [5.74, 6) is 0.255. The van der Waals surface area contributed by atoms with Crippen LogP contribution < -0.4 is 0 Å². The van der Waals surface area contributed by atoms with Crippen molar-refractivity contribution < 1.29 is 13.2 Å². The Labute approximate surface area is 153 Å². The zero-order valence-corrected chi connectivity index (χ0v) is 16.2. The second kappa shape index (κ2) is 7.30. The zero-order valence-electron chi connectivity index (χ0n) is 14.6. The maximum Gasteiger partial charge on any atom is 0.227 e. The molecule has 1 aromatic carbocycles. The summed E-state index contributed by atoms with van der Waals surface area (Å²) in [6.07, 6.45) is 0.843. The van der Waals surface area contributed by atoms with Crippen molar-refractivity contribution in [2.45, 2.75) is 39.3 Å². The Balaban J connectivity index is 1.80. The van der Waals surface area contributed by atoms with Crippen LogP contribution in [-0.4, -0.2) is 36.8 Å². The summed E-state index contributed by atoms with van der Waals surface area (Å²) in [5, 5.41) is 1.98. The Morgan fingerprint density at radius 2 is 2.04 bits per heavy atom. The molecule has 4 nitrogen and oxygen atoms in total. The number of amides is 1. The molecule has 25 heavy (non-hydrogen) atoms. The van der Waals surface area contributed by atoms with Crippen LogP contribution in [0.15, 0.2) is 35.7 Å². The molecule has 0 aliphatic carbocycles. The van der Waals surface area contributed by atoms with E-state index in [-0.39, 0.29) is 23.5 Å². The summed E-state index contributed by atoms with van der Waals surface area (Å²) in [5.41, 5.74) is 3.34. The fourth-order valence-electron chi connectivity index (χ4n) is 3.20. The number of rotatable bonds is 5. The summed E-state index contributed by atoms with van der Waals surface area (Å²) in [4.78, 5) is 15.8. The van der Waals surface area contributed by atoms with Crippen LogP contribution >= 0.6 is 11.3 Å². The van der Waals surface area contributed by atoms with Crippen molar-refractivity contribution in [3.8, 4) is 0 Å². The largest absolute Gasteiger partial charge is 0.333 e. The van der Waals surface area contributed by atoms with Gasteiger partial charge in [0.15, 0.2) is 9.84 Å². The summed E-state index contributed by atoms with van der Waals surface area (Å²) in [6, 6.07) is 9.78. The van der Waals surface area contributed by atoms with Crippen molar-refractivity contribution in [2.24, 2.45) is 0 Å². The van der Waals surface area contributed by atoms with Gasteiger partial charge in [0.25, 0.3) is 0 Å². The number of hydrogen-bond acceptors (Lipinski definition) is 4. The minimum absolute atomic E-state index is 0.00115. The molecule has 1 atom stereocenters. The minimum Gasteiger partial charge on any atom is -0.333 e. The lowest BCUT2D eigenvalue weighted by molar-refractivity contribution is -0.133. The van der Waals surface area contributed by atoms with Crippen LogP contribution in [0, 0.1) is 13.8 Å². The van der Waals surface area contributed by atoms with Crippen molar-refractivity contribution in [1.29, 1.82) is 0 Å².